The van der Waals surface area contributed by atoms with Crippen LogP contribution < -0.4 is 5.73 Å². The lowest BCUT2D eigenvalue weighted by atomic mass is 10.4. The third-order valence-electron chi connectivity index (χ3n) is 1.48. The van der Waals surface area contributed by atoms with Crippen molar-refractivity contribution in [1.82, 2.24) is 0 Å². The van der Waals surface area contributed by atoms with E-state index in [-0.39, 0.29) is 10.6 Å². The third kappa shape index (κ3) is 2.34. The second-order valence-electron chi connectivity index (χ2n) is 2.54. The maximum absolute atomic E-state index is 11.5. The van der Waals surface area contributed by atoms with Crippen molar-refractivity contribution in [1.29, 1.82) is 5.26 Å². The van der Waals surface area contributed by atoms with E-state index in [0.717, 1.165) is 5.41 Å². The van der Waals surface area contributed by atoms with Crippen molar-refractivity contribution in [3.05, 3.63) is 41.4 Å². The van der Waals surface area contributed by atoms with E-state index in [1.165, 1.54) is 12.1 Å². The first kappa shape index (κ1) is 10.3. The van der Waals surface area contributed by atoms with Crippen molar-refractivity contribution in [2.24, 2.45) is 5.73 Å². The van der Waals surface area contributed by atoms with Gasteiger partial charge in [0.05, 0.1) is 10.3 Å². The van der Waals surface area contributed by atoms with Crippen LogP contribution in [0.3, 0.4) is 0 Å². The summed E-state index contributed by atoms with van der Waals surface area (Å²) in [4.78, 5) is 0.123. The second-order valence-corrected chi connectivity index (χ2v) is 4.34. The molecule has 2 N–H and O–H groups in total. The fraction of sp³-hybridized carbons (Fsp3) is 0. The normalized spacial score (nSPS) is 12.1. The molecule has 0 aliphatic rings. The number of nitrogens with two attached hydrogens (primary N) is 1. The van der Waals surface area contributed by atoms with E-state index in [4.69, 9.17) is 11.0 Å². The van der Waals surface area contributed by atoms with Crippen LogP contribution in [0.4, 0.5) is 0 Å². The molecule has 0 bridgehead atoms. The van der Waals surface area contributed by atoms with Crippen LogP contribution in [0.1, 0.15) is 0 Å². The van der Waals surface area contributed by atoms with E-state index in [2.05, 4.69) is 0 Å². The molecule has 5 heteroatoms. The van der Waals surface area contributed by atoms with Gasteiger partial charge in [-0.1, -0.05) is 18.2 Å². The van der Waals surface area contributed by atoms with Gasteiger partial charge in [-0.05, 0) is 12.1 Å². The van der Waals surface area contributed by atoms with E-state index in [0.29, 0.717) is 0 Å². The molecule has 0 atom stereocenters. The molecule has 4 nitrogen and oxygen atoms in total. The van der Waals surface area contributed by atoms with E-state index >= 15 is 0 Å². The molecule has 0 radical (unpaired) electrons. The lowest BCUT2D eigenvalue weighted by Crippen LogP contribution is -2.01. The maximum Gasteiger partial charge on any atom is 0.202 e. The molecule has 0 aliphatic carbocycles. The molecule has 0 saturated carbocycles. The smallest absolute Gasteiger partial charge is 0.202 e. The van der Waals surface area contributed by atoms with Crippen LogP contribution >= 0.6 is 0 Å². The monoisotopic (exact) mass is 208 g/mol. The largest absolute Gasteiger partial charge is 0.390 e. The van der Waals surface area contributed by atoms with Gasteiger partial charge >= 0.3 is 0 Å². The molecule has 0 aromatic heterocycles. The van der Waals surface area contributed by atoms with Gasteiger partial charge in [0.25, 0.3) is 0 Å². The standard InChI is InChI=1S/C9H8N2O2S/c10-6-8(11)7-14(12,13)9-4-2-1-3-5-9/h1-5,7H,11H2/b8-7+. The highest BCUT2D eigenvalue weighted by Crippen LogP contribution is 2.11. The predicted octanol–water partition coefficient (Wildman–Crippen LogP) is 0.784. The topological polar surface area (TPSA) is 83.9 Å². The zero-order valence-electron chi connectivity index (χ0n) is 7.21. The molecule has 0 amide bonds. The van der Waals surface area contributed by atoms with Crippen LogP contribution in [0.2, 0.25) is 0 Å². The number of hydrogen-bond acceptors (Lipinski definition) is 4. The molecule has 0 saturated heterocycles. The highest BCUT2D eigenvalue weighted by Gasteiger charge is 2.10. The fourth-order valence-corrected chi connectivity index (χ4v) is 1.93. The first-order chi connectivity index (χ1) is 6.56. The van der Waals surface area contributed by atoms with Crippen molar-refractivity contribution in [2.45, 2.75) is 4.90 Å². The molecule has 0 aliphatic heterocycles. The number of allylic oxidation sites excluding steroid dienone is 1. The molecule has 0 fully saturated rings. The van der Waals surface area contributed by atoms with E-state index in [9.17, 15) is 8.42 Å². The summed E-state index contributed by atoms with van der Waals surface area (Å²) >= 11 is 0. The summed E-state index contributed by atoms with van der Waals surface area (Å²) in [6.45, 7) is 0. The lowest BCUT2D eigenvalue weighted by molar-refractivity contribution is 0.604. The van der Waals surface area contributed by atoms with Crippen LogP contribution in [0.15, 0.2) is 46.3 Å². The fourth-order valence-electron chi connectivity index (χ4n) is 0.872. The Bertz CT molecular complexity index is 483. The lowest BCUT2D eigenvalue weighted by Gasteiger charge is -1.97. The zero-order valence-corrected chi connectivity index (χ0v) is 8.03. The van der Waals surface area contributed by atoms with Gasteiger partial charge in [0.2, 0.25) is 9.84 Å². The van der Waals surface area contributed by atoms with Gasteiger partial charge < -0.3 is 5.73 Å². The molecule has 14 heavy (non-hydrogen) atoms. The zero-order chi connectivity index (χ0) is 10.6. The summed E-state index contributed by atoms with van der Waals surface area (Å²) in [5.74, 6) is 0. The van der Waals surface area contributed by atoms with Crippen LogP contribution in [0.5, 0.6) is 0 Å². The van der Waals surface area contributed by atoms with Crippen LogP contribution in [-0.4, -0.2) is 8.42 Å². The molecule has 0 unspecified atom stereocenters. The van der Waals surface area contributed by atoms with Gasteiger partial charge in [0, 0.05) is 0 Å². The number of benzene rings is 1. The van der Waals surface area contributed by atoms with Gasteiger partial charge in [-0.2, -0.15) is 5.26 Å². The molecule has 1 rings (SSSR count). The molecular weight excluding hydrogens is 200 g/mol. The number of nitriles is 1. The first-order valence-corrected chi connectivity index (χ1v) is 5.28. The third-order valence-corrected chi connectivity index (χ3v) is 2.98. The number of sulfone groups is 1. The van der Waals surface area contributed by atoms with Gasteiger partial charge in [-0.15, -0.1) is 0 Å². The molecule has 72 valence electrons. The Balaban J connectivity index is 3.19. The minimum atomic E-state index is -3.58. The van der Waals surface area contributed by atoms with Crippen molar-refractivity contribution in [3.8, 4) is 6.07 Å². The molecule has 0 heterocycles. The Kier molecular flexibility index (Phi) is 2.89. The minimum absolute atomic E-state index is 0.123. The summed E-state index contributed by atoms with van der Waals surface area (Å²) in [7, 11) is -3.58. The summed E-state index contributed by atoms with van der Waals surface area (Å²) in [5.41, 5.74) is 4.79. The van der Waals surface area contributed by atoms with Crippen molar-refractivity contribution in [3.63, 3.8) is 0 Å². The summed E-state index contributed by atoms with van der Waals surface area (Å²) in [6.07, 6.45) is 0. The van der Waals surface area contributed by atoms with Crippen molar-refractivity contribution >= 4 is 9.84 Å². The SMILES string of the molecule is N#C/C(N)=C\S(=O)(=O)c1ccccc1. The first-order valence-electron chi connectivity index (χ1n) is 3.73. The van der Waals surface area contributed by atoms with Crippen LogP contribution in [-0.2, 0) is 9.84 Å². The van der Waals surface area contributed by atoms with Gasteiger partial charge in [0.15, 0.2) is 0 Å². The Morgan fingerprint density at radius 1 is 1.36 bits per heavy atom. The van der Waals surface area contributed by atoms with Crippen molar-refractivity contribution in [2.75, 3.05) is 0 Å². The Morgan fingerprint density at radius 3 is 2.43 bits per heavy atom. The van der Waals surface area contributed by atoms with E-state index in [1.807, 2.05) is 0 Å². The average molecular weight is 208 g/mol. The quantitative estimate of drug-likeness (QED) is 0.728. The molecule has 0 spiro atoms. The average Bonchev–Trinajstić information content (AvgIpc) is 2.18. The Labute approximate surface area is 82.2 Å². The number of nitrogens with zero attached hydrogens (tertiary/aromatic N) is 1. The summed E-state index contributed by atoms with van der Waals surface area (Å²) < 4.78 is 23.0. The number of hydrogen-bond donors (Lipinski definition) is 1. The van der Waals surface area contributed by atoms with Gasteiger partial charge in [-0.25, -0.2) is 8.42 Å². The Hall–Kier alpha value is -1.80. The highest BCUT2D eigenvalue weighted by molar-refractivity contribution is 7.94. The summed E-state index contributed by atoms with van der Waals surface area (Å²) in [6, 6.07) is 9.34. The summed E-state index contributed by atoms with van der Waals surface area (Å²) in [5, 5.41) is 9.09. The second kappa shape index (κ2) is 3.94. The van der Waals surface area contributed by atoms with E-state index in [1.54, 1.807) is 24.3 Å². The van der Waals surface area contributed by atoms with Crippen LogP contribution in [0.25, 0.3) is 0 Å². The highest BCUT2D eigenvalue weighted by atomic mass is 32.2. The van der Waals surface area contributed by atoms with Gasteiger partial charge in [-0.3, -0.25) is 0 Å². The molecule has 1 aromatic carbocycles. The maximum atomic E-state index is 11.5. The number of rotatable bonds is 2. The Morgan fingerprint density at radius 2 is 1.93 bits per heavy atom. The van der Waals surface area contributed by atoms with E-state index < -0.39 is 9.84 Å². The molecular formula is C9H8N2O2S. The van der Waals surface area contributed by atoms with Crippen LogP contribution in [0, 0.1) is 11.3 Å². The van der Waals surface area contributed by atoms with Crippen molar-refractivity contribution < 1.29 is 8.42 Å². The predicted molar refractivity (Wildman–Crippen MR) is 51.5 cm³/mol. The van der Waals surface area contributed by atoms with Gasteiger partial charge in [0.1, 0.15) is 11.8 Å². The molecule has 1 aromatic rings. The minimum Gasteiger partial charge on any atom is -0.390 e.